The van der Waals surface area contributed by atoms with Crippen LogP contribution in [0.4, 0.5) is 5.95 Å². The molecule has 3 aromatic rings. The predicted octanol–water partition coefficient (Wildman–Crippen LogP) is 0.257. The Hall–Kier alpha value is -3.36. The second kappa shape index (κ2) is 7.48. The molecule has 3 heterocycles. The first-order valence-electron chi connectivity index (χ1n) is 8.97. The van der Waals surface area contributed by atoms with Crippen LogP contribution < -0.4 is 16.3 Å². The van der Waals surface area contributed by atoms with Crippen molar-refractivity contribution in [1.82, 2.24) is 24.4 Å². The lowest BCUT2D eigenvalue weighted by Gasteiger charge is -2.35. The molecule has 1 saturated heterocycles. The predicted molar refractivity (Wildman–Crippen MR) is 105 cm³/mol. The molecule has 9 nitrogen and oxygen atoms in total. The molecule has 3 N–H and O–H groups in total. The largest absolute Gasteiger partial charge is 0.370 e. The molecule has 2 aromatic heterocycles. The Morgan fingerprint density at radius 3 is 2.63 bits per heavy atom. The number of aromatic amines is 1. The van der Waals surface area contributed by atoms with Crippen molar-refractivity contribution in [2.45, 2.75) is 6.54 Å². The summed E-state index contributed by atoms with van der Waals surface area (Å²) in [5.74, 6) is 1.25. The van der Waals surface area contributed by atoms with Crippen molar-refractivity contribution < 1.29 is 0 Å². The number of guanidine groups is 1. The highest BCUT2D eigenvalue weighted by molar-refractivity contribution is 5.78. The van der Waals surface area contributed by atoms with Gasteiger partial charge in [0.25, 0.3) is 0 Å². The summed E-state index contributed by atoms with van der Waals surface area (Å²) in [6, 6.07) is 9.44. The van der Waals surface area contributed by atoms with Crippen molar-refractivity contribution in [2.75, 3.05) is 37.6 Å². The molecule has 9 heteroatoms. The summed E-state index contributed by atoms with van der Waals surface area (Å²) >= 11 is 0. The third kappa shape index (κ3) is 3.62. The number of para-hydroxylation sites is 2. The van der Waals surface area contributed by atoms with Crippen LogP contribution in [0.3, 0.4) is 0 Å². The van der Waals surface area contributed by atoms with Gasteiger partial charge in [-0.15, -0.1) is 0 Å². The summed E-state index contributed by atoms with van der Waals surface area (Å²) in [4.78, 5) is 32.2. The number of rotatable bonds is 4. The van der Waals surface area contributed by atoms with E-state index in [2.05, 4.69) is 29.7 Å². The van der Waals surface area contributed by atoms with E-state index in [0.717, 1.165) is 43.2 Å². The molecule has 1 fully saturated rings. The molecule has 4 rings (SSSR count). The van der Waals surface area contributed by atoms with E-state index in [9.17, 15) is 4.79 Å². The molecule has 0 unspecified atom stereocenters. The minimum absolute atomic E-state index is 0.124. The molecule has 0 amide bonds. The van der Waals surface area contributed by atoms with Gasteiger partial charge in [-0.3, -0.25) is 9.56 Å². The fourth-order valence-corrected chi connectivity index (χ4v) is 3.28. The average molecular weight is 366 g/mol. The zero-order chi connectivity index (χ0) is 18.6. The Morgan fingerprint density at radius 1 is 1.11 bits per heavy atom. The van der Waals surface area contributed by atoms with Gasteiger partial charge in [0.15, 0.2) is 5.96 Å². The summed E-state index contributed by atoms with van der Waals surface area (Å²) in [5, 5.41) is 0. The number of fused-ring (bicyclic) bond motifs is 1. The summed E-state index contributed by atoms with van der Waals surface area (Å²) in [6.07, 6.45) is 3.49. The highest BCUT2D eigenvalue weighted by Crippen LogP contribution is 2.10. The molecule has 1 aromatic carbocycles. The number of imidazole rings is 1. The molecule has 0 bridgehead atoms. The second-order valence-corrected chi connectivity index (χ2v) is 6.36. The zero-order valence-electron chi connectivity index (χ0n) is 15.0. The van der Waals surface area contributed by atoms with Crippen LogP contribution in [0.2, 0.25) is 0 Å². The van der Waals surface area contributed by atoms with Crippen LogP contribution in [-0.4, -0.2) is 63.1 Å². The number of hydrogen-bond acceptors (Lipinski definition) is 5. The third-order valence-corrected chi connectivity index (χ3v) is 4.72. The SMILES string of the molecule is NC(=NCCn1c(=O)[nH]c2ccccc21)N1CCN(c2ncccn2)CC1. The van der Waals surface area contributed by atoms with Gasteiger partial charge in [-0.25, -0.2) is 14.8 Å². The number of aliphatic imine (C=N–C) groups is 1. The number of aromatic nitrogens is 4. The minimum Gasteiger partial charge on any atom is -0.370 e. The van der Waals surface area contributed by atoms with E-state index < -0.39 is 0 Å². The van der Waals surface area contributed by atoms with Crippen molar-refractivity contribution in [3.05, 3.63) is 53.2 Å². The lowest BCUT2D eigenvalue weighted by Crippen LogP contribution is -2.51. The maximum Gasteiger partial charge on any atom is 0.326 e. The Kier molecular flexibility index (Phi) is 4.73. The van der Waals surface area contributed by atoms with Gasteiger partial charge in [-0.05, 0) is 18.2 Å². The van der Waals surface area contributed by atoms with Crippen LogP contribution in [0.5, 0.6) is 0 Å². The summed E-state index contributed by atoms with van der Waals surface area (Å²) in [5.41, 5.74) is 7.74. The van der Waals surface area contributed by atoms with E-state index in [4.69, 9.17) is 5.73 Å². The number of nitrogens with zero attached hydrogens (tertiary/aromatic N) is 6. The molecule has 0 radical (unpaired) electrons. The van der Waals surface area contributed by atoms with E-state index in [-0.39, 0.29) is 5.69 Å². The number of nitrogens with two attached hydrogens (primary N) is 1. The number of benzene rings is 1. The van der Waals surface area contributed by atoms with Crippen LogP contribution in [-0.2, 0) is 6.54 Å². The number of anilines is 1. The molecular weight excluding hydrogens is 344 g/mol. The molecule has 0 atom stereocenters. The Balaban J connectivity index is 1.35. The van der Waals surface area contributed by atoms with Crippen LogP contribution >= 0.6 is 0 Å². The average Bonchev–Trinajstić information content (AvgIpc) is 3.04. The Morgan fingerprint density at radius 2 is 1.85 bits per heavy atom. The van der Waals surface area contributed by atoms with Gasteiger partial charge < -0.3 is 20.5 Å². The molecule has 140 valence electrons. The lowest BCUT2D eigenvalue weighted by molar-refractivity contribution is 0.378. The van der Waals surface area contributed by atoms with Gasteiger partial charge in [-0.1, -0.05) is 12.1 Å². The maximum absolute atomic E-state index is 12.1. The van der Waals surface area contributed by atoms with Crippen LogP contribution in [0.15, 0.2) is 52.5 Å². The highest BCUT2D eigenvalue weighted by atomic mass is 16.1. The zero-order valence-corrected chi connectivity index (χ0v) is 15.0. The Labute approximate surface area is 156 Å². The first kappa shape index (κ1) is 17.1. The van der Waals surface area contributed by atoms with Crippen molar-refractivity contribution in [3.63, 3.8) is 0 Å². The van der Waals surface area contributed by atoms with Gasteiger partial charge in [-0.2, -0.15) is 0 Å². The quantitative estimate of drug-likeness (QED) is 0.506. The molecule has 0 saturated carbocycles. The van der Waals surface area contributed by atoms with E-state index in [1.165, 1.54) is 0 Å². The smallest absolute Gasteiger partial charge is 0.326 e. The van der Waals surface area contributed by atoms with Crippen molar-refractivity contribution in [1.29, 1.82) is 0 Å². The molecule has 1 aliphatic rings. The fraction of sp³-hybridized carbons (Fsp3) is 0.333. The van der Waals surface area contributed by atoms with Crippen LogP contribution in [0.25, 0.3) is 11.0 Å². The van der Waals surface area contributed by atoms with Crippen LogP contribution in [0.1, 0.15) is 0 Å². The first-order valence-corrected chi connectivity index (χ1v) is 8.97. The van der Waals surface area contributed by atoms with E-state index in [1.807, 2.05) is 30.3 Å². The monoisotopic (exact) mass is 366 g/mol. The molecule has 27 heavy (non-hydrogen) atoms. The van der Waals surface area contributed by atoms with Gasteiger partial charge >= 0.3 is 5.69 Å². The first-order chi connectivity index (χ1) is 13.2. The molecular formula is C18H22N8O. The molecule has 0 aliphatic carbocycles. The van der Waals surface area contributed by atoms with E-state index in [0.29, 0.717) is 19.0 Å². The van der Waals surface area contributed by atoms with E-state index in [1.54, 1.807) is 17.0 Å². The van der Waals surface area contributed by atoms with Gasteiger partial charge in [0.2, 0.25) is 5.95 Å². The van der Waals surface area contributed by atoms with Crippen molar-refractivity contribution >= 4 is 22.9 Å². The molecule has 0 spiro atoms. The molecule has 1 aliphatic heterocycles. The second-order valence-electron chi connectivity index (χ2n) is 6.36. The highest BCUT2D eigenvalue weighted by Gasteiger charge is 2.19. The fourth-order valence-electron chi connectivity index (χ4n) is 3.28. The third-order valence-electron chi connectivity index (χ3n) is 4.72. The number of nitrogens with one attached hydrogen (secondary N) is 1. The van der Waals surface area contributed by atoms with Crippen molar-refractivity contribution in [2.24, 2.45) is 10.7 Å². The Bertz CT molecular complexity index is 985. The number of piperazine rings is 1. The maximum atomic E-state index is 12.1. The number of hydrogen-bond donors (Lipinski definition) is 2. The summed E-state index contributed by atoms with van der Waals surface area (Å²) < 4.78 is 1.69. The number of H-pyrrole nitrogens is 1. The van der Waals surface area contributed by atoms with Gasteiger partial charge in [0.1, 0.15) is 0 Å². The summed E-state index contributed by atoms with van der Waals surface area (Å²) in [6.45, 7) is 4.06. The topological polar surface area (TPSA) is 108 Å². The van der Waals surface area contributed by atoms with Gasteiger partial charge in [0, 0.05) is 45.1 Å². The lowest BCUT2D eigenvalue weighted by atomic mass is 10.3. The van der Waals surface area contributed by atoms with E-state index >= 15 is 0 Å². The van der Waals surface area contributed by atoms with Gasteiger partial charge in [0.05, 0.1) is 17.6 Å². The standard InChI is InChI=1S/C18H22N8O/c19-16(24-10-12-25(13-11-24)17-21-6-3-7-22-17)20-8-9-26-15-5-2-1-4-14(15)23-18(26)27/h1-7H,8-13H2,(H2,19,20)(H,23,27). The summed E-state index contributed by atoms with van der Waals surface area (Å²) in [7, 11) is 0. The minimum atomic E-state index is -0.124. The van der Waals surface area contributed by atoms with Crippen molar-refractivity contribution in [3.8, 4) is 0 Å². The van der Waals surface area contributed by atoms with Crippen LogP contribution in [0, 0.1) is 0 Å². The normalized spacial score (nSPS) is 15.5.